The number of hydrogen-bond acceptors (Lipinski definition) is 5. The molecule has 0 bridgehead atoms. The average molecular weight is 398 g/mol. The minimum absolute atomic E-state index is 0.00488. The molecule has 1 saturated heterocycles. The Balaban J connectivity index is 1.50. The number of nitrogens with one attached hydrogen (secondary N) is 2. The van der Waals surface area contributed by atoms with Crippen molar-refractivity contribution in [3.05, 3.63) is 48.0 Å². The molecule has 2 aromatic carbocycles. The van der Waals surface area contributed by atoms with Gasteiger partial charge in [-0.2, -0.15) is 0 Å². The number of amides is 1. The van der Waals surface area contributed by atoms with Crippen LogP contribution in [0.2, 0.25) is 0 Å². The first-order valence-electron chi connectivity index (χ1n) is 10.2. The van der Waals surface area contributed by atoms with Gasteiger partial charge in [0.25, 0.3) is 0 Å². The van der Waals surface area contributed by atoms with E-state index in [0.29, 0.717) is 13.0 Å². The van der Waals surface area contributed by atoms with Crippen LogP contribution in [0.25, 0.3) is 0 Å². The fourth-order valence-electron chi connectivity index (χ4n) is 3.60. The van der Waals surface area contributed by atoms with E-state index in [-0.39, 0.29) is 11.9 Å². The van der Waals surface area contributed by atoms with Crippen molar-refractivity contribution in [3.8, 4) is 11.5 Å². The van der Waals surface area contributed by atoms with Crippen LogP contribution < -0.4 is 25.0 Å². The Morgan fingerprint density at radius 3 is 2.62 bits per heavy atom. The van der Waals surface area contributed by atoms with Gasteiger partial charge < -0.3 is 25.0 Å². The normalized spacial score (nSPS) is 14.5. The fourth-order valence-corrected chi connectivity index (χ4v) is 3.60. The number of carbonyl (C=O) groups excluding carboxylic acids is 1. The molecular formula is C23H31N3O3. The van der Waals surface area contributed by atoms with Gasteiger partial charge in [0.05, 0.1) is 14.2 Å². The lowest BCUT2D eigenvalue weighted by Gasteiger charge is -2.19. The molecule has 29 heavy (non-hydrogen) atoms. The lowest BCUT2D eigenvalue weighted by Crippen LogP contribution is -2.30. The zero-order valence-corrected chi connectivity index (χ0v) is 17.5. The maximum atomic E-state index is 12.5. The fraction of sp³-hybridized carbons (Fsp3) is 0.435. The summed E-state index contributed by atoms with van der Waals surface area (Å²) in [5.74, 6) is 1.53. The summed E-state index contributed by atoms with van der Waals surface area (Å²) in [6, 6.07) is 13.9. The molecule has 1 heterocycles. The van der Waals surface area contributed by atoms with Gasteiger partial charge in [0.2, 0.25) is 5.91 Å². The second-order valence-electron chi connectivity index (χ2n) is 7.46. The van der Waals surface area contributed by atoms with Crippen LogP contribution in [-0.4, -0.2) is 39.3 Å². The standard InChI is InChI=1S/C23H31N3O3/c1-17(24-16-18-9-10-21(28-2)15-22(18)29-3)13-23(27)25-19-7-6-8-20(14-19)26-11-4-5-12-26/h6-10,14-15,17,24H,4-5,11-13,16H2,1-3H3,(H,25,27). The lowest BCUT2D eigenvalue weighted by atomic mass is 10.1. The molecule has 156 valence electrons. The number of ether oxygens (including phenoxy) is 2. The molecule has 1 aliphatic heterocycles. The summed E-state index contributed by atoms with van der Waals surface area (Å²) >= 11 is 0. The maximum Gasteiger partial charge on any atom is 0.225 e. The molecule has 1 unspecified atom stereocenters. The molecule has 1 fully saturated rings. The highest BCUT2D eigenvalue weighted by atomic mass is 16.5. The molecular weight excluding hydrogens is 366 g/mol. The molecule has 0 spiro atoms. The van der Waals surface area contributed by atoms with E-state index < -0.39 is 0 Å². The molecule has 0 saturated carbocycles. The Morgan fingerprint density at radius 2 is 1.90 bits per heavy atom. The summed E-state index contributed by atoms with van der Waals surface area (Å²) in [4.78, 5) is 14.8. The second kappa shape index (κ2) is 10.2. The van der Waals surface area contributed by atoms with E-state index in [9.17, 15) is 4.79 Å². The molecule has 1 atom stereocenters. The van der Waals surface area contributed by atoms with Crippen molar-refractivity contribution in [1.29, 1.82) is 0 Å². The molecule has 0 aromatic heterocycles. The van der Waals surface area contributed by atoms with Crippen LogP contribution in [0.5, 0.6) is 11.5 Å². The van der Waals surface area contributed by atoms with Crippen LogP contribution in [-0.2, 0) is 11.3 Å². The molecule has 3 rings (SSSR count). The van der Waals surface area contributed by atoms with Crippen molar-refractivity contribution in [3.63, 3.8) is 0 Å². The van der Waals surface area contributed by atoms with Gasteiger partial charge in [0, 0.05) is 55.1 Å². The van der Waals surface area contributed by atoms with Gasteiger partial charge >= 0.3 is 0 Å². The van der Waals surface area contributed by atoms with Crippen LogP contribution in [0.15, 0.2) is 42.5 Å². The van der Waals surface area contributed by atoms with E-state index >= 15 is 0 Å². The predicted octanol–water partition coefficient (Wildman–Crippen LogP) is 3.81. The Hall–Kier alpha value is -2.73. The highest BCUT2D eigenvalue weighted by molar-refractivity contribution is 5.91. The topological polar surface area (TPSA) is 62.8 Å². The summed E-state index contributed by atoms with van der Waals surface area (Å²) in [6.45, 7) is 4.81. The third-order valence-corrected chi connectivity index (χ3v) is 5.23. The van der Waals surface area contributed by atoms with E-state index in [4.69, 9.17) is 9.47 Å². The monoisotopic (exact) mass is 397 g/mol. The number of anilines is 2. The van der Waals surface area contributed by atoms with Crippen molar-refractivity contribution in [2.75, 3.05) is 37.5 Å². The first kappa shape index (κ1) is 21.0. The highest BCUT2D eigenvalue weighted by Gasteiger charge is 2.14. The Bertz CT molecular complexity index is 819. The van der Waals surface area contributed by atoms with E-state index in [2.05, 4.69) is 27.7 Å². The average Bonchev–Trinajstić information content (AvgIpc) is 3.27. The second-order valence-corrected chi connectivity index (χ2v) is 7.46. The number of carbonyl (C=O) groups is 1. The molecule has 6 nitrogen and oxygen atoms in total. The van der Waals surface area contributed by atoms with Crippen molar-refractivity contribution in [2.24, 2.45) is 0 Å². The van der Waals surface area contributed by atoms with E-state index in [1.54, 1.807) is 14.2 Å². The minimum atomic E-state index is 0.00488. The van der Waals surface area contributed by atoms with Crippen LogP contribution >= 0.6 is 0 Å². The smallest absolute Gasteiger partial charge is 0.225 e. The third-order valence-electron chi connectivity index (χ3n) is 5.23. The predicted molar refractivity (Wildman–Crippen MR) is 117 cm³/mol. The van der Waals surface area contributed by atoms with Crippen molar-refractivity contribution in [1.82, 2.24) is 5.32 Å². The minimum Gasteiger partial charge on any atom is -0.497 e. The van der Waals surface area contributed by atoms with Crippen molar-refractivity contribution in [2.45, 2.75) is 38.8 Å². The number of hydrogen-bond donors (Lipinski definition) is 2. The zero-order chi connectivity index (χ0) is 20.6. The zero-order valence-electron chi connectivity index (χ0n) is 17.5. The SMILES string of the molecule is COc1ccc(CNC(C)CC(=O)Nc2cccc(N3CCCC3)c2)c(OC)c1. The quantitative estimate of drug-likeness (QED) is 0.674. The van der Waals surface area contributed by atoms with Gasteiger partial charge in [-0.05, 0) is 44.0 Å². The van der Waals surface area contributed by atoms with E-state index in [0.717, 1.165) is 35.8 Å². The molecule has 1 amide bonds. The van der Waals surface area contributed by atoms with Gasteiger partial charge in [-0.1, -0.05) is 12.1 Å². The molecule has 6 heteroatoms. The molecule has 0 aliphatic carbocycles. The Labute approximate surface area is 173 Å². The summed E-state index contributed by atoms with van der Waals surface area (Å²) in [6.07, 6.45) is 2.86. The number of nitrogens with zero attached hydrogens (tertiary/aromatic N) is 1. The van der Waals surface area contributed by atoms with E-state index in [1.807, 2.05) is 37.3 Å². The molecule has 2 N–H and O–H groups in total. The summed E-state index contributed by atoms with van der Waals surface area (Å²) in [7, 11) is 3.28. The van der Waals surface area contributed by atoms with Crippen molar-refractivity contribution < 1.29 is 14.3 Å². The van der Waals surface area contributed by atoms with Crippen LogP contribution in [0, 0.1) is 0 Å². The summed E-state index contributed by atoms with van der Waals surface area (Å²) in [5.41, 5.74) is 3.06. The lowest BCUT2D eigenvalue weighted by molar-refractivity contribution is -0.116. The number of benzene rings is 2. The van der Waals surface area contributed by atoms with Crippen LogP contribution in [0.3, 0.4) is 0 Å². The van der Waals surface area contributed by atoms with Crippen LogP contribution in [0.4, 0.5) is 11.4 Å². The van der Waals surface area contributed by atoms with Gasteiger partial charge in [0.15, 0.2) is 0 Å². The molecule has 0 radical (unpaired) electrons. The maximum absolute atomic E-state index is 12.5. The Morgan fingerprint density at radius 1 is 1.10 bits per heavy atom. The summed E-state index contributed by atoms with van der Waals surface area (Å²) in [5, 5.41) is 6.42. The summed E-state index contributed by atoms with van der Waals surface area (Å²) < 4.78 is 10.7. The number of rotatable bonds is 9. The largest absolute Gasteiger partial charge is 0.497 e. The van der Waals surface area contributed by atoms with Gasteiger partial charge in [0.1, 0.15) is 11.5 Å². The van der Waals surface area contributed by atoms with E-state index in [1.165, 1.54) is 18.5 Å². The number of methoxy groups -OCH3 is 2. The molecule has 2 aromatic rings. The molecule has 1 aliphatic rings. The van der Waals surface area contributed by atoms with Gasteiger partial charge in [-0.3, -0.25) is 4.79 Å². The van der Waals surface area contributed by atoms with Crippen molar-refractivity contribution >= 4 is 17.3 Å². The van der Waals surface area contributed by atoms with Gasteiger partial charge in [-0.15, -0.1) is 0 Å². The first-order chi connectivity index (χ1) is 14.1. The Kier molecular flexibility index (Phi) is 7.36. The van der Waals surface area contributed by atoms with Gasteiger partial charge in [-0.25, -0.2) is 0 Å². The third kappa shape index (κ3) is 5.87. The highest BCUT2D eigenvalue weighted by Crippen LogP contribution is 2.25. The van der Waals surface area contributed by atoms with Crippen LogP contribution in [0.1, 0.15) is 31.7 Å². The first-order valence-corrected chi connectivity index (χ1v) is 10.2.